The zero-order chi connectivity index (χ0) is 11.2. The van der Waals surface area contributed by atoms with E-state index in [9.17, 15) is 0 Å². The van der Waals surface area contributed by atoms with Crippen LogP contribution in [0.1, 0.15) is 9.75 Å². The van der Waals surface area contributed by atoms with Crippen molar-refractivity contribution in [2.45, 2.75) is 9.96 Å². The van der Waals surface area contributed by atoms with E-state index in [4.69, 9.17) is 5.11 Å². The van der Waals surface area contributed by atoms with Crippen LogP contribution in [-0.4, -0.2) is 11.7 Å². The molecule has 0 fully saturated rings. The minimum Gasteiger partial charge on any atom is -0.384 e. The molecule has 2 aromatic heterocycles. The van der Waals surface area contributed by atoms with Crippen LogP contribution >= 0.6 is 34.4 Å². The van der Waals surface area contributed by atoms with Gasteiger partial charge in [0.1, 0.15) is 6.61 Å². The number of aliphatic hydroxyl groups is 1. The van der Waals surface area contributed by atoms with Crippen molar-refractivity contribution in [3.63, 3.8) is 0 Å². The van der Waals surface area contributed by atoms with Gasteiger partial charge < -0.3 is 5.11 Å². The first-order valence-corrected chi connectivity index (χ1v) is 7.41. The Labute approximate surface area is 107 Å². The Balaban J connectivity index is 1.93. The Morgan fingerprint density at radius 1 is 1.31 bits per heavy atom. The Kier molecular flexibility index (Phi) is 4.49. The molecule has 0 spiro atoms. The van der Waals surface area contributed by atoms with Crippen LogP contribution in [0.4, 0.5) is 0 Å². The van der Waals surface area contributed by atoms with Crippen molar-refractivity contribution >= 4 is 34.4 Å². The molecular weight excluding hydrogens is 256 g/mol. The van der Waals surface area contributed by atoms with E-state index < -0.39 is 0 Å². The molecule has 0 amide bonds. The Morgan fingerprint density at radius 3 is 3.00 bits per heavy atom. The summed E-state index contributed by atoms with van der Waals surface area (Å²) >= 11 is 5.31. The molecule has 0 radical (unpaired) electrons. The monoisotopic (exact) mass is 266 g/mol. The second kappa shape index (κ2) is 6.12. The van der Waals surface area contributed by atoms with Gasteiger partial charge in [-0.3, -0.25) is 0 Å². The quantitative estimate of drug-likeness (QED) is 0.678. The number of thiophene rings is 2. The van der Waals surface area contributed by atoms with Gasteiger partial charge in [-0.05, 0) is 23.6 Å². The molecule has 0 aliphatic heterocycles. The summed E-state index contributed by atoms with van der Waals surface area (Å²) in [6.45, 7) is -0.0722. The highest BCUT2D eigenvalue weighted by Gasteiger charge is 2.00. The third kappa shape index (κ3) is 3.39. The van der Waals surface area contributed by atoms with Gasteiger partial charge in [-0.2, -0.15) is 0 Å². The minimum absolute atomic E-state index is 0.0722. The molecule has 2 aromatic rings. The average Bonchev–Trinajstić information content (AvgIpc) is 2.95. The lowest BCUT2D eigenvalue weighted by molar-refractivity contribution is 0.350. The van der Waals surface area contributed by atoms with Crippen molar-refractivity contribution in [3.8, 4) is 11.8 Å². The topological polar surface area (TPSA) is 20.2 Å². The van der Waals surface area contributed by atoms with Gasteiger partial charge in [-0.1, -0.05) is 17.9 Å². The van der Waals surface area contributed by atoms with E-state index in [0.29, 0.717) is 0 Å². The predicted octanol–water partition coefficient (Wildman–Crippen LogP) is 3.45. The number of aliphatic hydroxyl groups excluding tert-OH is 1. The second-order valence-corrected chi connectivity index (χ2v) is 6.34. The lowest BCUT2D eigenvalue weighted by Gasteiger charge is -1.93. The molecule has 2 rings (SSSR count). The number of hydrogen-bond acceptors (Lipinski definition) is 4. The molecule has 0 aliphatic rings. The molecule has 16 heavy (non-hydrogen) atoms. The fourth-order valence-electron chi connectivity index (χ4n) is 1.14. The summed E-state index contributed by atoms with van der Waals surface area (Å²) in [6.07, 6.45) is 0. The van der Waals surface area contributed by atoms with Crippen LogP contribution in [-0.2, 0) is 5.75 Å². The van der Waals surface area contributed by atoms with E-state index in [-0.39, 0.29) is 6.61 Å². The Hall–Kier alpha value is -0.730. The summed E-state index contributed by atoms with van der Waals surface area (Å²) in [6, 6.07) is 8.32. The molecule has 0 atom stereocenters. The van der Waals surface area contributed by atoms with E-state index in [1.165, 1.54) is 9.09 Å². The van der Waals surface area contributed by atoms with E-state index in [0.717, 1.165) is 10.6 Å². The first kappa shape index (κ1) is 11.7. The Bertz CT molecular complexity index is 488. The maximum Gasteiger partial charge on any atom is 0.104 e. The maximum atomic E-state index is 8.59. The van der Waals surface area contributed by atoms with E-state index >= 15 is 0 Å². The molecule has 0 saturated heterocycles. The van der Waals surface area contributed by atoms with Crippen molar-refractivity contribution in [1.82, 2.24) is 0 Å². The highest BCUT2D eigenvalue weighted by molar-refractivity contribution is 8.00. The van der Waals surface area contributed by atoms with Gasteiger partial charge >= 0.3 is 0 Å². The zero-order valence-electron chi connectivity index (χ0n) is 8.47. The van der Waals surface area contributed by atoms with Gasteiger partial charge in [0.15, 0.2) is 0 Å². The van der Waals surface area contributed by atoms with Crippen LogP contribution in [0, 0.1) is 11.8 Å². The van der Waals surface area contributed by atoms with Gasteiger partial charge in [-0.25, -0.2) is 0 Å². The summed E-state index contributed by atoms with van der Waals surface area (Å²) in [5, 5.41) is 10.7. The van der Waals surface area contributed by atoms with Crippen molar-refractivity contribution in [2.75, 3.05) is 6.61 Å². The first-order chi connectivity index (χ1) is 7.88. The summed E-state index contributed by atoms with van der Waals surface area (Å²) in [5.41, 5.74) is 0. The molecule has 1 nitrogen and oxygen atoms in total. The van der Waals surface area contributed by atoms with Crippen LogP contribution in [0.3, 0.4) is 0 Å². The first-order valence-electron chi connectivity index (χ1n) is 4.73. The normalized spacial score (nSPS) is 9.81. The molecule has 0 aliphatic carbocycles. The summed E-state index contributed by atoms with van der Waals surface area (Å²) in [4.78, 5) is 2.34. The van der Waals surface area contributed by atoms with E-state index in [1.807, 2.05) is 17.8 Å². The molecule has 0 unspecified atom stereocenters. The van der Waals surface area contributed by atoms with Crippen LogP contribution in [0.5, 0.6) is 0 Å². The van der Waals surface area contributed by atoms with Gasteiger partial charge in [0.05, 0.1) is 9.09 Å². The van der Waals surface area contributed by atoms with Crippen molar-refractivity contribution < 1.29 is 5.11 Å². The maximum absolute atomic E-state index is 8.59. The average molecular weight is 266 g/mol. The SMILES string of the molecule is OCC#Cc1ccc(CSc2cccs2)s1. The number of rotatable bonds is 3. The van der Waals surface area contributed by atoms with Gasteiger partial charge in [0.2, 0.25) is 0 Å². The standard InChI is InChI=1S/C12H10OS3/c13-7-1-3-10-5-6-11(16-10)9-15-12-4-2-8-14-12/h2,4-6,8,13H,7,9H2. The highest BCUT2D eigenvalue weighted by atomic mass is 32.2. The third-order valence-electron chi connectivity index (χ3n) is 1.80. The molecule has 0 bridgehead atoms. The zero-order valence-corrected chi connectivity index (χ0v) is 10.9. The molecule has 4 heteroatoms. The molecule has 1 N–H and O–H groups in total. The van der Waals surface area contributed by atoms with Gasteiger partial charge in [-0.15, -0.1) is 34.4 Å². The second-order valence-electron chi connectivity index (χ2n) is 2.95. The van der Waals surface area contributed by atoms with Crippen LogP contribution < -0.4 is 0 Å². The Morgan fingerprint density at radius 2 is 2.25 bits per heavy atom. The van der Waals surface area contributed by atoms with Gasteiger partial charge in [0, 0.05) is 10.6 Å². The molecule has 0 aromatic carbocycles. The highest BCUT2D eigenvalue weighted by Crippen LogP contribution is 2.29. The third-order valence-corrected chi connectivity index (χ3v) is 5.17. The smallest absolute Gasteiger partial charge is 0.104 e. The summed E-state index contributed by atoms with van der Waals surface area (Å²) in [7, 11) is 0. The van der Waals surface area contributed by atoms with Crippen LogP contribution in [0.15, 0.2) is 33.9 Å². The largest absolute Gasteiger partial charge is 0.384 e. The minimum atomic E-state index is -0.0722. The number of thioether (sulfide) groups is 1. The predicted molar refractivity (Wildman–Crippen MR) is 72.2 cm³/mol. The van der Waals surface area contributed by atoms with Crippen LogP contribution in [0.25, 0.3) is 0 Å². The summed E-state index contributed by atoms with van der Waals surface area (Å²) in [5.74, 6) is 6.57. The fourth-order valence-corrected chi connectivity index (χ4v) is 3.85. The molecule has 0 saturated carbocycles. The van der Waals surface area contributed by atoms with Gasteiger partial charge in [0.25, 0.3) is 0 Å². The summed E-state index contributed by atoms with van der Waals surface area (Å²) < 4.78 is 1.34. The lowest BCUT2D eigenvalue weighted by Crippen LogP contribution is -1.71. The molecule has 82 valence electrons. The van der Waals surface area contributed by atoms with Crippen molar-refractivity contribution in [3.05, 3.63) is 39.4 Å². The van der Waals surface area contributed by atoms with E-state index in [2.05, 4.69) is 35.4 Å². The molecule has 2 heterocycles. The molecular formula is C12H10OS3. The van der Waals surface area contributed by atoms with E-state index in [1.54, 1.807) is 22.7 Å². The van der Waals surface area contributed by atoms with Crippen molar-refractivity contribution in [2.24, 2.45) is 0 Å². The number of hydrogen-bond donors (Lipinski definition) is 1. The van der Waals surface area contributed by atoms with Crippen molar-refractivity contribution in [1.29, 1.82) is 0 Å². The lowest BCUT2D eigenvalue weighted by atomic mass is 10.4. The van der Waals surface area contributed by atoms with Crippen LogP contribution in [0.2, 0.25) is 0 Å². The fraction of sp³-hybridized carbons (Fsp3) is 0.167.